The molecule has 0 amide bonds. The molecule has 0 saturated heterocycles. The van der Waals surface area contributed by atoms with Crippen LogP contribution in [-0.4, -0.2) is 12.8 Å². The largest absolute Gasteiger partial charge is 0.370 e. The Morgan fingerprint density at radius 2 is 1.90 bits per heavy atom. The Balaban J connectivity index is 2.28. The summed E-state index contributed by atoms with van der Waals surface area (Å²) in [5.41, 5.74) is 8.82. The summed E-state index contributed by atoms with van der Waals surface area (Å²) >= 11 is 1.79. The van der Waals surface area contributed by atoms with Crippen molar-refractivity contribution < 1.29 is 4.39 Å². The summed E-state index contributed by atoms with van der Waals surface area (Å²) in [6, 6.07) is 13.1. The Morgan fingerprint density at radius 1 is 1.14 bits per heavy atom. The van der Waals surface area contributed by atoms with Crippen LogP contribution in [0.1, 0.15) is 18.1 Å². The maximum Gasteiger partial charge on any atom is 0.128 e. The predicted octanol–water partition coefficient (Wildman–Crippen LogP) is 4.03. The Kier molecular flexibility index (Phi) is 5.65. The second-order valence-electron chi connectivity index (χ2n) is 4.84. The van der Waals surface area contributed by atoms with Crippen molar-refractivity contribution >= 4 is 17.4 Å². The SMILES string of the molecule is CCSc1cccc(N(C)Cc2ccccc2F)c1CN. The molecule has 112 valence electrons. The zero-order valence-electron chi connectivity index (χ0n) is 12.5. The minimum atomic E-state index is -0.169. The van der Waals surface area contributed by atoms with Gasteiger partial charge in [0, 0.05) is 41.8 Å². The summed E-state index contributed by atoms with van der Waals surface area (Å²) in [5, 5.41) is 0. The van der Waals surface area contributed by atoms with E-state index in [0.717, 1.165) is 17.0 Å². The fourth-order valence-corrected chi connectivity index (χ4v) is 3.22. The van der Waals surface area contributed by atoms with Gasteiger partial charge >= 0.3 is 0 Å². The number of anilines is 1. The van der Waals surface area contributed by atoms with E-state index in [1.807, 2.05) is 31.3 Å². The fraction of sp³-hybridized carbons (Fsp3) is 0.294. The molecule has 2 aromatic carbocycles. The number of rotatable bonds is 6. The molecule has 0 aliphatic rings. The predicted molar refractivity (Wildman–Crippen MR) is 89.2 cm³/mol. The number of thioether (sulfide) groups is 1. The minimum absolute atomic E-state index is 0.169. The summed E-state index contributed by atoms with van der Waals surface area (Å²) in [7, 11) is 1.97. The Bertz CT molecular complexity index is 601. The lowest BCUT2D eigenvalue weighted by Gasteiger charge is -2.24. The third-order valence-electron chi connectivity index (χ3n) is 3.39. The standard InChI is InChI=1S/C17H21FN2S/c1-3-21-17-10-6-9-16(14(17)11-19)20(2)12-13-7-4-5-8-15(13)18/h4-10H,3,11-12,19H2,1-2H3. The van der Waals surface area contributed by atoms with Gasteiger partial charge in [-0.3, -0.25) is 0 Å². The van der Waals surface area contributed by atoms with Gasteiger partial charge in [-0.15, -0.1) is 11.8 Å². The zero-order valence-corrected chi connectivity index (χ0v) is 13.3. The monoisotopic (exact) mass is 304 g/mol. The van der Waals surface area contributed by atoms with Crippen LogP contribution in [0.5, 0.6) is 0 Å². The summed E-state index contributed by atoms with van der Waals surface area (Å²) in [5.74, 6) is 0.839. The van der Waals surface area contributed by atoms with Crippen LogP contribution < -0.4 is 10.6 Å². The van der Waals surface area contributed by atoms with Gasteiger partial charge in [-0.05, 0) is 24.0 Å². The topological polar surface area (TPSA) is 29.3 Å². The van der Waals surface area contributed by atoms with Gasteiger partial charge in [0.15, 0.2) is 0 Å². The molecular formula is C17H21FN2S. The van der Waals surface area contributed by atoms with Gasteiger partial charge in [0.05, 0.1) is 0 Å². The van der Waals surface area contributed by atoms with Gasteiger partial charge in [0.2, 0.25) is 0 Å². The highest BCUT2D eigenvalue weighted by molar-refractivity contribution is 7.99. The summed E-state index contributed by atoms with van der Waals surface area (Å²) in [4.78, 5) is 3.26. The summed E-state index contributed by atoms with van der Waals surface area (Å²) in [6.07, 6.45) is 0. The highest BCUT2D eigenvalue weighted by atomic mass is 32.2. The molecule has 0 saturated carbocycles. The second-order valence-corrected chi connectivity index (χ2v) is 6.14. The highest BCUT2D eigenvalue weighted by Crippen LogP contribution is 2.30. The van der Waals surface area contributed by atoms with Crippen LogP contribution in [0.25, 0.3) is 0 Å². The minimum Gasteiger partial charge on any atom is -0.370 e. The molecular weight excluding hydrogens is 283 g/mol. The van der Waals surface area contributed by atoms with Crippen LogP contribution in [0.15, 0.2) is 47.4 Å². The van der Waals surface area contributed by atoms with E-state index in [-0.39, 0.29) is 5.82 Å². The van der Waals surface area contributed by atoms with Crippen molar-refractivity contribution in [2.45, 2.75) is 24.9 Å². The first kappa shape index (κ1) is 15.9. The first-order chi connectivity index (χ1) is 10.2. The molecule has 0 spiro atoms. The third-order valence-corrected chi connectivity index (χ3v) is 4.37. The lowest BCUT2D eigenvalue weighted by molar-refractivity contribution is 0.607. The smallest absolute Gasteiger partial charge is 0.128 e. The van der Waals surface area contributed by atoms with Crippen molar-refractivity contribution in [1.82, 2.24) is 0 Å². The van der Waals surface area contributed by atoms with E-state index in [0.29, 0.717) is 18.7 Å². The van der Waals surface area contributed by atoms with E-state index in [9.17, 15) is 4.39 Å². The van der Waals surface area contributed by atoms with Crippen molar-refractivity contribution in [3.05, 3.63) is 59.4 Å². The highest BCUT2D eigenvalue weighted by Gasteiger charge is 2.12. The van der Waals surface area contributed by atoms with Crippen LogP contribution in [0.4, 0.5) is 10.1 Å². The van der Waals surface area contributed by atoms with Gasteiger partial charge in [-0.2, -0.15) is 0 Å². The molecule has 0 radical (unpaired) electrons. The van der Waals surface area contributed by atoms with Gasteiger partial charge in [-0.25, -0.2) is 4.39 Å². The number of hydrogen-bond donors (Lipinski definition) is 1. The summed E-state index contributed by atoms with van der Waals surface area (Å²) in [6.45, 7) is 3.14. The number of nitrogens with two attached hydrogens (primary N) is 1. The van der Waals surface area contributed by atoms with Gasteiger partial charge in [-0.1, -0.05) is 31.2 Å². The number of halogens is 1. The van der Waals surface area contributed by atoms with Crippen LogP contribution in [0.3, 0.4) is 0 Å². The number of hydrogen-bond acceptors (Lipinski definition) is 3. The van der Waals surface area contributed by atoms with Crippen LogP contribution in [-0.2, 0) is 13.1 Å². The van der Waals surface area contributed by atoms with Crippen LogP contribution in [0.2, 0.25) is 0 Å². The molecule has 0 unspecified atom stereocenters. The molecule has 0 heterocycles. The van der Waals surface area contributed by atoms with Gasteiger partial charge in [0.1, 0.15) is 5.82 Å². The first-order valence-electron chi connectivity index (χ1n) is 7.06. The molecule has 0 atom stereocenters. The molecule has 2 aromatic rings. The molecule has 21 heavy (non-hydrogen) atoms. The second kappa shape index (κ2) is 7.48. The molecule has 2 N–H and O–H groups in total. The molecule has 4 heteroatoms. The van der Waals surface area contributed by atoms with Gasteiger partial charge in [0.25, 0.3) is 0 Å². The molecule has 2 rings (SSSR count). The third kappa shape index (κ3) is 3.77. The lowest BCUT2D eigenvalue weighted by Crippen LogP contribution is -2.20. The van der Waals surface area contributed by atoms with Crippen molar-refractivity contribution in [2.75, 3.05) is 17.7 Å². The first-order valence-corrected chi connectivity index (χ1v) is 8.05. The number of nitrogens with zero attached hydrogens (tertiary/aromatic N) is 1. The van der Waals surface area contributed by atoms with Crippen LogP contribution >= 0.6 is 11.8 Å². The quantitative estimate of drug-likeness (QED) is 0.817. The maximum absolute atomic E-state index is 13.8. The molecule has 2 nitrogen and oxygen atoms in total. The normalized spacial score (nSPS) is 10.7. The Morgan fingerprint density at radius 3 is 2.57 bits per heavy atom. The molecule has 0 aliphatic heterocycles. The Labute approximate surface area is 130 Å². The molecule has 0 bridgehead atoms. The average Bonchev–Trinajstić information content (AvgIpc) is 2.49. The van der Waals surface area contributed by atoms with E-state index in [1.54, 1.807) is 17.8 Å². The van der Waals surface area contributed by atoms with E-state index in [4.69, 9.17) is 5.73 Å². The molecule has 0 fully saturated rings. The fourth-order valence-electron chi connectivity index (χ4n) is 2.37. The Hall–Kier alpha value is -1.52. The number of benzene rings is 2. The van der Waals surface area contributed by atoms with E-state index in [2.05, 4.69) is 17.9 Å². The van der Waals surface area contributed by atoms with Crippen molar-refractivity contribution in [3.8, 4) is 0 Å². The van der Waals surface area contributed by atoms with Crippen molar-refractivity contribution in [1.29, 1.82) is 0 Å². The van der Waals surface area contributed by atoms with Crippen molar-refractivity contribution in [3.63, 3.8) is 0 Å². The maximum atomic E-state index is 13.8. The van der Waals surface area contributed by atoms with Crippen molar-refractivity contribution in [2.24, 2.45) is 5.73 Å². The lowest BCUT2D eigenvalue weighted by atomic mass is 10.1. The van der Waals surface area contributed by atoms with Crippen LogP contribution in [0, 0.1) is 5.82 Å². The van der Waals surface area contributed by atoms with E-state index < -0.39 is 0 Å². The zero-order chi connectivity index (χ0) is 15.2. The molecule has 0 aliphatic carbocycles. The van der Waals surface area contributed by atoms with E-state index in [1.165, 1.54) is 11.0 Å². The summed E-state index contributed by atoms with van der Waals surface area (Å²) < 4.78 is 13.8. The van der Waals surface area contributed by atoms with E-state index >= 15 is 0 Å². The van der Waals surface area contributed by atoms with Gasteiger partial charge < -0.3 is 10.6 Å². The average molecular weight is 304 g/mol. The molecule has 0 aromatic heterocycles.